The minimum absolute atomic E-state index is 0.370. The minimum Gasteiger partial charge on any atom is -0.400 e. The van der Waals surface area contributed by atoms with Crippen molar-refractivity contribution in [2.75, 3.05) is 19.3 Å². The van der Waals surface area contributed by atoms with Crippen LogP contribution in [0, 0.1) is 6.92 Å². The first-order valence-corrected chi connectivity index (χ1v) is 8.21. The lowest BCUT2D eigenvalue weighted by Gasteiger charge is -2.32. The molecule has 0 bridgehead atoms. The zero-order chi connectivity index (χ0) is 17.4. The molecule has 0 saturated carbocycles. The van der Waals surface area contributed by atoms with E-state index in [1.807, 2.05) is 53.8 Å². The number of hydrogen-bond donors (Lipinski definition) is 2. The predicted octanol–water partition coefficient (Wildman–Crippen LogP) is 3.46. The maximum Gasteiger partial charge on any atom is 0.491 e. The molecule has 3 N–H and O–H groups in total. The summed E-state index contributed by atoms with van der Waals surface area (Å²) in [4.78, 5) is 0. The molecule has 4 nitrogen and oxygen atoms in total. The smallest absolute Gasteiger partial charge is 0.400 e. The van der Waals surface area contributed by atoms with Gasteiger partial charge in [-0.15, -0.1) is 0 Å². The van der Waals surface area contributed by atoms with Crippen molar-refractivity contribution in [1.29, 1.82) is 0 Å². The third-order valence-electron chi connectivity index (χ3n) is 4.66. The molecular formula is C17H26BClN2O2. The fourth-order valence-corrected chi connectivity index (χ4v) is 2.66. The highest BCUT2D eigenvalue weighted by molar-refractivity contribution is 6.56. The third kappa shape index (κ3) is 3.74. The van der Waals surface area contributed by atoms with E-state index in [0.717, 1.165) is 16.6 Å². The first kappa shape index (κ1) is 18.3. The molecule has 1 aliphatic rings. The fourth-order valence-electron chi connectivity index (χ4n) is 2.43. The molecule has 0 atom stereocenters. The first-order chi connectivity index (χ1) is 10.6. The fraction of sp³-hybridized carbons (Fsp3) is 0.529. The van der Waals surface area contributed by atoms with Gasteiger partial charge in [-0.1, -0.05) is 17.7 Å². The van der Waals surface area contributed by atoms with Gasteiger partial charge in [0.1, 0.15) is 0 Å². The Hall–Kier alpha value is -1.01. The van der Waals surface area contributed by atoms with Gasteiger partial charge in [0.15, 0.2) is 0 Å². The normalized spacial score (nSPS) is 20.1. The van der Waals surface area contributed by atoms with E-state index >= 15 is 0 Å². The van der Waals surface area contributed by atoms with Crippen molar-refractivity contribution < 1.29 is 9.31 Å². The summed E-state index contributed by atoms with van der Waals surface area (Å²) in [7, 11) is 1.50. The maximum absolute atomic E-state index is 6.34. The Morgan fingerprint density at radius 3 is 2.35 bits per heavy atom. The summed E-state index contributed by atoms with van der Waals surface area (Å²) in [5.74, 6) is 0. The van der Waals surface area contributed by atoms with Crippen LogP contribution in [0.4, 0.5) is 5.69 Å². The van der Waals surface area contributed by atoms with Gasteiger partial charge < -0.3 is 20.4 Å². The van der Waals surface area contributed by atoms with E-state index < -0.39 is 7.12 Å². The molecule has 1 aromatic carbocycles. The molecule has 1 aromatic rings. The van der Waals surface area contributed by atoms with Crippen LogP contribution in [0.1, 0.15) is 38.8 Å². The summed E-state index contributed by atoms with van der Waals surface area (Å²) in [6, 6.07) is 3.77. The van der Waals surface area contributed by atoms with Gasteiger partial charge in [-0.25, -0.2) is 0 Å². The Balaban J connectivity index is 2.38. The Morgan fingerprint density at radius 1 is 1.26 bits per heavy atom. The molecule has 1 saturated heterocycles. The molecular weight excluding hydrogens is 310 g/mol. The number of likely N-dealkylation sites (N-methyl/N-ethyl adjacent to an activating group) is 1. The second kappa shape index (κ2) is 6.48. The number of halogens is 1. The molecule has 23 heavy (non-hydrogen) atoms. The van der Waals surface area contributed by atoms with E-state index in [2.05, 4.69) is 5.32 Å². The Labute approximate surface area is 144 Å². The SMILES string of the molecule is CNCC(=Cc1cc(C)c(N)cc1Cl)B1OC(C)(C)C(C)(C)O1. The number of nitrogens with one attached hydrogen (secondary N) is 1. The summed E-state index contributed by atoms with van der Waals surface area (Å²) >= 11 is 6.34. The second-order valence-electron chi connectivity index (χ2n) is 7.07. The van der Waals surface area contributed by atoms with Crippen LogP contribution < -0.4 is 11.1 Å². The van der Waals surface area contributed by atoms with E-state index in [-0.39, 0.29) is 11.2 Å². The molecule has 6 heteroatoms. The van der Waals surface area contributed by atoms with Crippen molar-refractivity contribution in [3.8, 4) is 0 Å². The number of hydrogen-bond acceptors (Lipinski definition) is 4. The molecule has 0 spiro atoms. The van der Waals surface area contributed by atoms with Crippen molar-refractivity contribution in [3.63, 3.8) is 0 Å². The van der Waals surface area contributed by atoms with Gasteiger partial charge >= 0.3 is 7.12 Å². The Kier molecular flexibility index (Phi) is 5.16. The number of rotatable bonds is 4. The van der Waals surface area contributed by atoms with Crippen molar-refractivity contribution in [2.45, 2.75) is 45.8 Å². The summed E-state index contributed by atoms with van der Waals surface area (Å²) in [5, 5.41) is 3.79. The molecule has 0 unspecified atom stereocenters. The van der Waals surface area contributed by atoms with Crippen LogP contribution in [-0.4, -0.2) is 31.9 Å². The molecule has 0 aromatic heterocycles. The lowest BCUT2D eigenvalue weighted by atomic mass is 9.77. The molecule has 1 heterocycles. The highest BCUT2D eigenvalue weighted by atomic mass is 35.5. The number of benzene rings is 1. The molecule has 1 fully saturated rings. The maximum atomic E-state index is 6.34. The topological polar surface area (TPSA) is 56.5 Å². The largest absolute Gasteiger partial charge is 0.491 e. The number of nitrogens with two attached hydrogens (primary N) is 1. The van der Waals surface area contributed by atoms with Crippen LogP contribution in [0.3, 0.4) is 0 Å². The molecule has 2 rings (SSSR count). The van der Waals surface area contributed by atoms with Crippen LogP contribution in [0.25, 0.3) is 6.08 Å². The monoisotopic (exact) mass is 336 g/mol. The van der Waals surface area contributed by atoms with Crippen molar-refractivity contribution >= 4 is 30.5 Å². The van der Waals surface area contributed by atoms with Crippen LogP contribution in [-0.2, 0) is 9.31 Å². The molecule has 126 valence electrons. The summed E-state index contributed by atoms with van der Waals surface area (Å²) in [5.41, 5.74) is 8.77. The molecule has 1 aliphatic heterocycles. The van der Waals surface area contributed by atoms with Gasteiger partial charge in [0, 0.05) is 17.3 Å². The van der Waals surface area contributed by atoms with E-state index in [4.69, 9.17) is 26.6 Å². The van der Waals surface area contributed by atoms with E-state index in [1.165, 1.54) is 0 Å². The zero-order valence-electron chi connectivity index (χ0n) is 14.8. The standard InChI is InChI=1S/C17H26BClN2O2/c1-11-7-12(14(19)9-15(11)20)8-13(10-21-6)18-22-16(2,3)17(4,5)23-18/h7-9,21H,10,20H2,1-6H3. The van der Waals surface area contributed by atoms with Gasteiger partial charge in [0.25, 0.3) is 0 Å². The van der Waals surface area contributed by atoms with Gasteiger partial charge in [0.2, 0.25) is 0 Å². The molecule has 0 amide bonds. The molecule has 0 aliphatic carbocycles. The second-order valence-corrected chi connectivity index (χ2v) is 7.48. The summed E-state index contributed by atoms with van der Waals surface area (Å²) in [6.07, 6.45) is 2.02. The predicted molar refractivity (Wildman–Crippen MR) is 98.6 cm³/mol. The number of nitrogen functional groups attached to an aromatic ring is 1. The van der Waals surface area contributed by atoms with Gasteiger partial charge in [-0.05, 0) is 70.4 Å². The summed E-state index contributed by atoms with van der Waals surface area (Å²) in [6.45, 7) is 10.8. The van der Waals surface area contributed by atoms with Crippen LogP contribution in [0.2, 0.25) is 5.02 Å². The van der Waals surface area contributed by atoms with Crippen molar-refractivity contribution in [2.24, 2.45) is 0 Å². The van der Waals surface area contributed by atoms with Crippen molar-refractivity contribution in [3.05, 3.63) is 33.8 Å². The van der Waals surface area contributed by atoms with E-state index in [9.17, 15) is 0 Å². The van der Waals surface area contributed by atoms with Crippen molar-refractivity contribution in [1.82, 2.24) is 5.32 Å². The first-order valence-electron chi connectivity index (χ1n) is 7.84. The molecule has 0 radical (unpaired) electrons. The number of aryl methyl sites for hydroxylation is 1. The van der Waals surface area contributed by atoms with Gasteiger partial charge in [-0.3, -0.25) is 0 Å². The lowest BCUT2D eigenvalue weighted by molar-refractivity contribution is 0.00578. The highest BCUT2D eigenvalue weighted by Gasteiger charge is 2.52. The van der Waals surface area contributed by atoms with Crippen LogP contribution in [0.5, 0.6) is 0 Å². The minimum atomic E-state index is -0.402. The summed E-state index contributed by atoms with van der Waals surface area (Å²) < 4.78 is 12.3. The van der Waals surface area contributed by atoms with Gasteiger partial charge in [-0.2, -0.15) is 0 Å². The van der Waals surface area contributed by atoms with Crippen LogP contribution in [0.15, 0.2) is 17.6 Å². The average molecular weight is 337 g/mol. The van der Waals surface area contributed by atoms with E-state index in [0.29, 0.717) is 17.3 Å². The Bertz CT molecular complexity index is 613. The van der Waals surface area contributed by atoms with Crippen LogP contribution >= 0.6 is 11.6 Å². The van der Waals surface area contributed by atoms with Gasteiger partial charge in [0.05, 0.1) is 11.2 Å². The lowest BCUT2D eigenvalue weighted by Crippen LogP contribution is -2.41. The van der Waals surface area contributed by atoms with E-state index in [1.54, 1.807) is 6.07 Å². The zero-order valence-corrected chi connectivity index (χ0v) is 15.5. The highest BCUT2D eigenvalue weighted by Crippen LogP contribution is 2.39. The Morgan fingerprint density at radius 2 is 1.83 bits per heavy atom. The third-order valence-corrected chi connectivity index (χ3v) is 4.99. The number of anilines is 1. The quantitative estimate of drug-likeness (QED) is 0.653. The average Bonchev–Trinajstić information content (AvgIpc) is 2.64.